The van der Waals surface area contributed by atoms with Gasteiger partial charge in [0, 0.05) is 18.4 Å². The molecule has 0 spiro atoms. The number of hydrogen-bond donors (Lipinski definition) is 2. The molecule has 1 aromatic heterocycles. The molecule has 0 amide bonds. The van der Waals surface area contributed by atoms with E-state index in [0.717, 1.165) is 5.69 Å². The fraction of sp³-hybridized carbons (Fsp3) is 0.571. The summed E-state index contributed by atoms with van der Waals surface area (Å²) in [5.74, 6) is -0.0579. The number of rotatable bonds is 6. The van der Waals surface area contributed by atoms with Gasteiger partial charge in [0.2, 0.25) is 0 Å². The molecule has 1 heterocycles. The zero-order valence-electron chi connectivity index (χ0n) is 11.9. The fourth-order valence-electron chi connectivity index (χ4n) is 2.00. The molecule has 5 nitrogen and oxygen atoms in total. The molecule has 106 valence electrons. The van der Waals surface area contributed by atoms with Gasteiger partial charge in [0.05, 0.1) is 12.7 Å². The van der Waals surface area contributed by atoms with Crippen LogP contribution in [0.5, 0.6) is 0 Å². The van der Waals surface area contributed by atoms with Gasteiger partial charge in [-0.25, -0.2) is 9.78 Å². The normalized spacial score (nSPS) is 14.0. The Hall–Kier alpha value is -1.62. The average molecular weight is 266 g/mol. The van der Waals surface area contributed by atoms with E-state index in [2.05, 4.69) is 28.9 Å². The topological polar surface area (TPSA) is 71.5 Å². The van der Waals surface area contributed by atoms with E-state index in [1.165, 1.54) is 13.3 Å². The third-order valence-electron chi connectivity index (χ3n) is 2.68. The van der Waals surface area contributed by atoms with Gasteiger partial charge in [-0.15, -0.1) is 0 Å². The van der Waals surface area contributed by atoms with Gasteiger partial charge in [0.15, 0.2) is 0 Å². The van der Waals surface area contributed by atoms with Crippen molar-refractivity contribution in [3.05, 3.63) is 24.0 Å². The van der Waals surface area contributed by atoms with Crippen LogP contribution in [0.15, 0.2) is 18.3 Å². The van der Waals surface area contributed by atoms with Crippen LogP contribution < -0.4 is 5.32 Å². The summed E-state index contributed by atoms with van der Waals surface area (Å²) in [5.41, 5.74) is 0.193. The number of hydrogen-bond acceptors (Lipinski definition) is 5. The zero-order valence-corrected chi connectivity index (χ0v) is 11.9. The van der Waals surface area contributed by atoms with Gasteiger partial charge in [-0.1, -0.05) is 13.8 Å². The maximum absolute atomic E-state index is 11.4. The third-order valence-corrected chi connectivity index (χ3v) is 2.68. The highest BCUT2D eigenvalue weighted by molar-refractivity contribution is 5.88. The molecule has 1 atom stereocenters. The molecule has 0 radical (unpaired) electrons. The first-order chi connectivity index (χ1) is 8.84. The van der Waals surface area contributed by atoms with Crippen molar-refractivity contribution in [1.29, 1.82) is 0 Å². The molecule has 5 heteroatoms. The lowest BCUT2D eigenvalue weighted by molar-refractivity contribution is 0.0515. The van der Waals surface area contributed by atoms with Gasteiger partial charge < -0.3 is 15.2 Å². The Morgan fingerprint density at radius 2 is 2.26 bits per heavy atom. The number of aliphatic hydroxyl groups is 1. The van der Waals surface area contributed by atoms with E-state index in [4.69, 9.17) is 0 Å². The maximum Gasteiger partial charge on any atom is 0.356 e. The number of carbonyl (C=O) groups excluding carboxylic acids is 1. The molecule has 1 rings (SSSR count). The van der Waals surface area contributed by atoms with Crippen LogP contribution in [-0.2, 0) is 4.74 Å². The maximum atomic E-state index is 11.4. The Labute approximate surface area is 114 Å². The first-order valence-corrected chi connectivity index (χ1v) is 6.34. The highest BCUT2D eigenvalue weighted by atomic mass is 16.5. The van der Waals surface area contributed by atoms with Crippen molar-refractivity contribution >= 4 is 11.7 Å². The third kappa shape index (κ3) is 5.26. The highest BCUT2D eigenvalue weighted by Crippen LogP contribution is 2.18. The van der Waals surface area contributed by atoms with Gasteiger partial charge in [0.1, 0.15) is 5.69 Å². The van der Waals surface area contributed by atoms with Crippen molar-refractivity contribution in [1.82, 2.24) is 4.98 Å². The minimum Gasteiger partial charge on any atom is -0.464 e. The van der Waals surface area contributed by atoms with Gasteiger partial charge in [-0.2, -0.15) is 0 Å². The highest BCUT2D eigenvalue weighted by Gasteiger charge is 2.21. The smallest absolute Gasteiger partial charge is 0.356 e. The first kappa shape index (κ1) is 15.4. The second kappa shape index (κ2) is 6.52. The summed E-state index contributed by atoms with van der Waals surface area (Å²) in [5, 5.41) is 13.3. The van der Waals surface area contributed by atoms with Crippen LogP contribution in [0.1, 0.15) is 37.7 Å². The average Bonchev–Trinajstić information content (AvgIpc) is 2.34. The summed E-state index contributed by atoms with van der Waals surface area (Å²) in [6.07, 6.45) is 2.24. The number of ether oxygens (including phenoxy) is 1. The van der Waals surface area contributed by atoms with Crippen LogP contribution in [-0.4, -0.2) is 35.3 Å². The van der Waals surface area contributed by atoms with Crippen LogP contribution in [0.2, 0.25) is 0 Å². The van der Waals surface area contributed by atoms with E-state index in [-0.39, 0.29) is 5.69 Å². The number of esters is 1. The minimum absolute atomic E-state index is 0.246. The van der Waals surface area contributed by atoms with E-state index in [1.807, 2.05) is 0 Å². The summed E-state index contributed by atoms with van der Waals surface area (Å²) in [6.45, 7) is 6.34. The number of nitrogens with one attached hydrogen (secondary N) is 1. The van der Waals surface area contributed by atoms with E-state index in [1.54, 1.807) is 19.1 Å². The van der Waals surface area contributed by atoms with Crippen LogP contribution in [0.25, 0.3) is 0 Å². The molecule has 0 aliphatic rings. The van der Waals surface area contributed by atoms with Crippen molar-refractivity contribution in [2.75, 3.05) is 19.0 Å². The molecule has 1 unspecified atom stereocenters. The van der Waals surface area contributed by atoms with Gasteiger partial charge >= 0.3 is 5.97 Å². The molecule has 0 aromatic carbocycles. The van der Waals surface area contributed by atoms with Crippen molar-refractivity contribution < 1.29 is 14.6 Å². The Kier molecular flexibility index (Phi) is 5.30. The predicted molar refractivity (Wildman–Crippen MR) is 74.1 cm³/mol. The lowest BCUT2D eigenvalue weighted by Crippen LogP contribution is -2.34. The molecule has 0 saturated heterocycles. The first-order valence-electron chi connectivity index (χ1n) is 6.34. The lowest BCUT2D eigenvalue weighted by atomic mass is 9.94. The summed E-state index contributed by atoms with van der Waals surface area (Å²) in [6, 6.07) is 3.36. The summed E-state index contributed by atoms with van der Waals surface area (Å²) >= 11 is 0. The molecule has 19 heavy (non-hydrogen) atoms. The van der Waals surface area contributed by atoms with Crippen LogP contribution in [0.3, 0.4) is 0 Å². The molecular weight excluding hydrogens is 244 g/mol. The Morgan fingerprint density at radius 3 is 2.84 bits per heavy atom. The van der Waals surface area contributed by atoms with Gasteiger partial charge in [-0.3, -0.25) is 0 Å². The number of anilines is 1. The molecule has 0 saturated carbocycles. The molecular formula is C14H22N2O3. The quantitative estimate of drug-likeness (QED) is 0.771. The van der Waals surface area contributed by atoms with Crippen molar-refractivity contribution in [3.63, 3.8) is 0 Å². The summed E-state index contributed by atoms with van der Waals surface area (Å²) in [7, 11) is 1.32. The molecule has 1 aromatic rings. The van der Waals surface area contributed by atoms with E-state index in [0.29, 0.717) is 18.9 Å². The molecule has 0 bridgehead atoms. The van der Waals surface area contributed by atoms with Crippen molar-refractivity contribution in [2.24, 2.45) is 5.92 Å². The van der Waals surface area contributed by atoms with Crippen LogP contribution in [0.4, 0.5) is 5.69 Å². The SMILES string of the molecule is COC(=O)c1cc(NCC(C)(O)CC(C)C)ccn1. The van der Waals surface area contributed by atoms with Gasteiger partial charge in [0.25, 0.3) is 0 Å². The largest absolute Gasteiger partial charge is 0.464 e. The molecule has 0 aliphatic heterocycles. The number of carbonyl (C=O) groups is 1. The van der Waals surface area contributed by atoms with E-state index in [9.17, 15) is 9.90 Å². The molecule has 0 fully saturated rings. The minimum atomic E-state index is -0.789. The van der Waals surface area contributed by atoms with Crippen molar-refractivity contribution in [3.8, 4) is 0 Å². The van der Waals surface area contributed by atoms with Crippen molar-refractivity contribution in [2.45, 2.75) is 32.8 Å². The van der Waals surface area contributed by atoms with E-state index >= 15 is 0 Å². The predicted octanol–water partition coefficient (Wildman–Crippen LogP) is 2.08. The number of nitrogens with zero attached hydrogens (tertiary/aromatic N) is 1. The number of aromatic nitrogens is 1. The summed E-state index contributed by atoms with van der Waals surface area (Å²) in [4.78, 5) is 15.3. The van der Waals surface area contributed by atoms with E-state index < -0.39 is 11.6 Å². The monoisotopic (exact) mass is 266 g/mol. The second-order valence-corrected chi connectivity index (χ2v) is 5.37. The molecule has 2 N–H and O–H groups in total. The number of pyridine rings is 1. The Morgan fingerprint density at radius 1 is 1.58 bits per heavy atom. The Bertz CT molecular complexity index is 430. The van der Waals surface area contributed by atoms with Crippen LogP contribution in [0, 0.1) is 5.92 Å². The number of methoxy groups -OCH3 is 1. The molecule has 0 aliphatic carbocycles. The van der Waals surface area contributed by atoms with Crippen LogP contribution >= 0.6 is 0 Å². The lowest BCUT2D eigenvalue weighted by Gasteiger charge is -2.26. The Balaban J connectivity index is 2.65. The standard InChI is InChI=1S/C14H22N2O3/c1-10(2)8-14(3,18)9-16-11-5-6-15-12(7-11)13(17)19-4/h5-7,10,18H,8-9H2,1-4H3,(H,15,16). The van der Waals surface area contributed by atoms with Gasteiger partial charge in [-0.05, 0) is 31.4 Å². The zero-order chi connectivity index (χ0) is 14.5. The fourth-order valence-corrected chi connectivity index (χ4v) is 2.00. The summed E-state index contributed by atoms with van der Waals surface area (Å²) < 4.78 is 4.61. The second-order valence-electron chi connectivity index (χ2n) is 5.37.